The summed E-state index contributed by atoms with van der Waals surface area (Å²) < 4.78 is 21.5. The first-order valence-corrected chi connectivity index (χ1v) is 11.9. The van der Waals surface area contributed by atoms with Gasteiger partial charge >= 0.3 is 5.69 Å². The highest BCUT2D eigenvalue weighted by Gasteiger charge is 2.17. The van der Waals surface area contributed by atoms with E-state index < -0.39 is 17.4 Å². The Morgan fingerprint density at radius 2 is 1.68 bits per heavy atom. The van der Waals surface area contributed by atoms with Crippen molar-refractivity contribution in [2.24, 2.45) is 0 Å². The van der Waals surface area contributed by atoms with Gasteiger partial charge in [0.1, 0.15) is 24.7 Å². The molecule has 1 N–H and O–H groups in total. The molecule has 1 aromatic heterocycles. The SMILES string of the molecule is O=C(Cn1c(=O)nc(-c2ccccc2F)c2cc(Cl)ccc21)Nc1ccc(OCc2ccccc2)cc1. The van der Waals surface area contributed by atoms with Crippen molar-refractivity contribution in [2.45, 2.75) is 13.2 Å². The van der Waals surface area contributed by atoms with Crippen LogP contribution in [0.4, 0.5) is 10.1 Å². The topological polar surface area (TPSA) is 73.2 Å². The maximum Gasteiger partial charge on any atom is 0.349 e. The summed E-state index contributed by atoms with van der Waals surface area (Å²) in [5, 5.41) is 3.64. The van der Waals surface area contributed by atoms with Crippen molar-refractivity contribution in [3.63, 3.8) is 0 Å². The Hall–Kier alpha value is -4.49. The molecule has 6 nitrogen and oxygen atoms in total. The lowest BCUT2D eigenvalue weighted by Crippen LogP contribution is -2.30. The molecule has 5 rings (SSSR count). The van der Waals surface area contributed by atoms with E-state index in [1.807, 2.05) is 30.3 Å². The monoisotopic (exact) mass is 513 g/mol. The molecule has 0 atom stereocenters. The van der Waals surface area contributed by atoms with Gasteiger partial charge in [0.25, 0.3) is 0 Å². The van der Waals surface area contributed by atoms with E-state index in [4.69, 9.17) is 16.3 Å². The Morgan fingerprint density at radius 3 is 2.43 bits per heavy atom. The number of fused-ring (bicyclic) bond motifs is 1. The molecule has 1 heterocycles. The van der Waals surface area contributed by atoms with E-state index in [9.17, 15) is 14.0 Å². The molecular weight excluding hydrogens is 493 g/mol. The summed E-state index contributed by atoms with van der Waals surface area (Å²) in [5.41, 5.74) is 1.69. The number of anilines is 1. The van der Waals surface area contributed by atoms with Crippen molar-refractivity contribution >= 4 is 34.1 Å². The number of carbonyl (C=O) groups excluding carboxylic acids is 1. The fourth-order valence-electron chi connectivity index (χ4n) is 3.98. The highest BCUT2D eigenvalue weighted by atomic mass is 35.5. The number of aromatic nitrogens is 2. The van der Waals surface area contributed by atoms with Crippen LogP contribution in [0.1, 0.15) is 5.56 Å². The van der Waals surface area contributed by atoms with Crippen molar-refractivity contribution in [1.29, 1.82) is 0 Å². The van der Waals surface area contributed by atoms with Crippen molar-refractivity contribution < 1.29 is 13.9 Å². The number of nitrogens with one attached hydrogen (secondary N) is 1. The van der Waals surface area contributed by atoms with Crippen LogP contribution in [-0.4, -0.2) is 15.5 Å². The van der Waals surface area contributed by atoms with Crippen LogP contribution in [-0.2, 0) is 17.9 Å². The van der Waals surface area contributed by atoms with E-state index >= 15 is 0 Å². The largest absolute Gasteiger partial charge is 0.489 e. The van der Waals surface area contributed by atoms with Gasteiger partial charge in [-0.25, -0.2) is 9.18 Å². The zero-order valence-corrected chi connectivity index (χ0v) is 20.3. The van der Waals surface area contributed by atoms with E-state index in [2.05, 4.69) is 10.3 Å². The van der Waals surface area contributed by atoms with Gasteiger partial charge in [-0.15, -0.1) is 0 Å². The molecule has 0 aliphatic rings. The molecule has 0 radical (unpaired) electrons. The van der Waals surface area contributed by atoms with Gasteiger partial charge in [0.2, 0.25) is 5.91 Å². The molecule has 0 saturated heterocycles. The molecule has 0 fully saturated rings. The molecule has 37 heavy (non-hydrogen) atoms. The maximum absolute atomic E-state index is 14.5. The minimum absolute atomic E-state index is 0.170. The average molecular weight is 514 g/mol. The number of rotatable bonds is 7. The van der Waals surface area contributed by atoms with Gasteiger partial charge in [-0.3, -0.25) is 9.36 Å². The summed E-state index contributed by atoms with van der Waals surface area (Å²) in [6, 6.07) is 27.6. The van der Waals surface area contributed by atoms with E-state index in [1.54, 1.807) is 60.7 Å². The summed E-state index contributed by atoms with van der Waals surface area (Å²) in [6.07, 6.45) is 0. The quantitative estimate of drug-likeness (QED) is 0.286. The second-order valence-electron chi connectivity index (χ2n) is 8.32. The molecule has 0 spiro atoms. The number of benzene rings is 4. The Labute approximate surface area is 216 Å². The summed E-state index contributed by atoms with van der Waals surface area (Å²) in [4.78, 5) is 29.9. The summed E-state index contributed by atoms with van der Waals surface area (Å²) >= 11 is 6.19. The zero-order chi connectivity index (χ0) is 25.8. The summed E-state index contributed by atoms with van der Waals surface area (Å²) in [6.45, 7) is 0.149. The van der Waals surface area contributed by atoms with E-state index in [0.717, 1.165) is 5.56 Å². The summed E-state index contributed by atoms with van der Waals surface area (Å²) in [5.74, 6) is -0.270. The van der Waals surface area contributed by atoms with Crippen LogP contribution in [0.2, 0.25) is 5.02 Å². The number of carbonyl (C=O) groups is 1. The Kier molecular flexibility index (Phi) is 6.96. The number of ether oxygens (including phenoxy) is 1. The van der Waals surface area contributed by atoms with Gasteiger partial charge in [-0.05, 0) is 60.2 Å². The van der Waals surface area contributed by atoms with E-state index in [0.29, 0.717) is 34.0 Å². The fourth-order valence-corrected chi connectivity index (χ4v) is 4.16. The average Bonchev–Trinajstić information content (AvgIpc) is 2.91. The standard InChI is InChI=1S/C29H21ClFN3O3/c30-20-10-15-26-24(16-20)28(23-8-4-5-9-25(23)31)33-29(36)34(26)17-27(35)32-21-11-13-22(14-12-21)37-18-19-6-2-1-3-7-19/h1-16H,17-18H2,(H,32,35). The third-order valence-electron chi connectivity index (χ3n) is 5.76. The van der Waals surface area contributed by atoms with Crippen LogP contribution in [0.25, 0.3) is 22.2 Å². The zero-order valence-electron chi connectivity index (χ0n) is 19.5. The number of nitrogens with zero attached hydrogens (tertiary/aromatic N) is 2. The molecule has 184 valence electrons. The summed E-state index contributed by atoms with van der Waals surface area (Å²) in [7, 11) is 0. The van der Waals surface area contributed by atoms with Gasteiger partial charge < -0.3 is 10.1 Å². The lowest BCUT2D eigenvalue weighted by atomic mass is 10.1. The Bertz CT molecular complexity index is 1640. The normalized spacial score (nSPS) is 10.9. The maximum atomic E-state index is 14.5. The minimum Gasteiger partial charge on any atom is -0.489 e. The molecule has 4 aromatic carbocycles. The second kappa shape index (κ2) is 10.6. The fraction of sp³-hybridized carbons (Fsp3) is 0.0690. The number of hydrogen-bond acceptors (Lipinski definition) is 4. The molecule has 0 aliphatic carbocycles. The molecule has 0 aliphatic heterocycles. The van der Waals surface area contributed by atoms with Crippen LogP contribution in [0.3, 0.4) is 0 Å². The molecule has 0 unspecified atom stereocenters. The smallest absolute Gasteiger partial charge is 0.349 e. The first kappa shape index (κ1) is 24.2. The van der Waals surface area contributed by atoms with Gasteiger partial charge in [-0.2, -0.15) is 4.98 Å². The third kappa shape index (κ3) is 5.52. The van der Waals surface area contributed by atoms with Gasteiger partial charge in [0.15, 0.2) is 0 Å². The molecule has 1 amide bonds. The second-order valence-corrected chi connectivity index (χ2v) is 8.75. The van der Waals surface area contributed by atoms with Crippen LogP contribution >= 0.6 is 11.6 Å². The first-order chi connectivity index (χ1) is 18.0. The van der Waals surface area contributed by atoms with Gasteiger partial charge in [-0.1, -0.05) is 54.1 Å². The predicted molar refractivity (Wildman–Crippen MR) is 142 cm³/mol. The van der Waals surface area contributed by atoms with Crippen LogP contribution in [0.5, 0.6) is 5.75 Å². The van der Waals surface area contributed by atoms with Crippen molar-refractivity contribution in [3.05, 3.63) is 124 Å². The van der Waals surface area contributed by atoms with Crippen molar-refractivity contribution in [2.75, 3.05) is 5.32 Å². The van der Waals surface area contributed by atoms with E-state index in [1.165, 1.54) is 10.6 Å². The van der Waals surface area contributed by atoms with Crippen LogP contribution in [0, 0.1) is 5.82 Å². The van der Waals surface area contributed by atoms with Crippen LogP contribution in [0.15, 0.2) is 102 Å². The predicted octanol–water partition coefficient (Wildman–Crippen LogP) is 6.07. The molecule has 8 heteroatoms. The molecule has 0 bridgehead atoms. The number of amides is 1. The Morgan fingerprint density at radius 1 is 0.946 bits per heavy atom. The van der Waals surface area contributed by atoms with E-state index in [-0.39, 0.29) is 17.8 Å². The minimum atomic E-state index is -0.673. The lowest BCUT2D eigenvalue weighted by molar-refractivity contribution is -0.116. The number of hydrogen-bond donors (Lipinski definition) is 1. The third-order valence-corrected chi connectivity index (χ3v) is 6.00. The molecule has 5 aromatic rings. The van der Waals surface area contributed by atoms with Gasteiger partial charge in [0.05, 0.1) is 11.2 Å². The lowest BCUT2D eigenvalue weighted by Gasteiger charge is -2.14. The van der Waals surface area contributed by atoms with Gasteiger partial charge in [0, 0.05) is 21.7 Å². The molecule has 0 saturated carbocycles. The molecular formula is C29H21ClFN3O3. The number of halogens is 2. The van der Waals surface area contributed by atoms with Crippen molar-refractivity contribution in [1.82, 2.24) is 9.55 Å². The highest BCUT2D eigenvalue weighted by molar-refractivity contribution is 6.31. The highest BCUT2D eigenvalue weighted by Crippen LogP contribution is 2.29. The van der Waals surface area contributed by atoms with Crippen LogP contribution < -0.4 is 15.7 Å². The van der Waals surface area contributed by atoms with Crippen molar-refractivity contribution in [3.8, 4) is 17.0 Å². The Balaban J connectivity index is 1.35. The first-order valence-electron chi connectivity index (χ1n) is 11.5.